The topological polar surface area (TPSA) is 103 Å². The van der Waals surface area contributed by atoms with Crippen LogP contribution in [0.5, 0.6) is 17.5 Å². The molecule has 0 fully saturated rings. The number of H-pyrrole nitrogens is 1. The predicted octanol–water partition coefficient (Wildman–Crippen LogP) is 5.11. The molecule has 0 bridgehead atoms. The fourth-order valence-electron chi connectivity index (χ4n) is 5.27. The smallest absolute Gasteiger partial charge is 0.294 e. The maximum absolute atomic E-state index is 14.4. The van der Waals surface area contributed by atoms with Crippen LogP contribution in [0.25, 0.3) is 11.0 Å². The minimum absolute atomic E-state index is 0.138. The third-order valence-electron chi connectivity index (χ3n) is 7.18. The number of carbonyl (C=O) groups is 2. The van der Waals surface area contributed by atoms with Crippen LogP contribution in [-0.4, -0.2) is 40.7 Å². The SMILES string of the molecule is COc1nc2c(C3(Cc4ccncc4)C(=O)c4ccc(OCc5ccccc5)cc4C3=O)ccc(OC)c2[nH]1. The van der Waals surface area contributed by atoms with E-state index in [9.17, 15) is 9.59 Å². The van der Waals surface area contributed by atoms with Crippen molar-refractivity contribution in [3.05, 3.63) is 113 Å². The molecule has 39 heavy (non-hydrogen) atoms. The minimum atomic E-state index is -1.55. The van der Waals surface area contributed by atoms with Gasteiger partial charge in [-0.25, -0.2) is 0 Å². The van der Waals surface area contributed by atoms with E-state index in [0.717, 1.165) is 11.1 Å². The normalized spacial score (nSPS) is 16.4. The number of pyridine rings is 1. The number of aromatic amines is 1. The largest absolute Gasteiger partial charge is 0.494 e. The number of aromatic nitrogens is 3. The number of ether oxygens (including phenoxy) is 3. The van der Waals surface area contributed by atoms with Crippen LogP contribution in [0.3, 0.4) is 0 Å². The molecule has 0 saturated heterocycles. The van der Waals surface area contributed by atoms with Crippen molar-refractivity contribution in [1.29, 1.82) is 0 Å². The van der Waals surface area contributed by atoms with Crippen molar-refractivity contribution in [2.24, 2.45) is 0 Å². The fourth-order valence-corrected chi connectivity index (χ4v) is 5.27. The Morgan fingerprint density at radius 3 is 2.33 bits per heavy atom. The lowest BCUT2D eigenvalue weighted by atomic mass is 9.71. The number of hydrogen-bond donors (Lipinski definition) is 1. The summed E-state index contributed by atoms with van der Waals surface area (Å²) >= 11 is 0. The van der Waals surface area contributed by atoms with Gasteiger partial charge in [0.25, 0.3) is 6.01 Å². The molecule has 0 saturated carbocycles. The number of hydrogen-bond acceptors (Lipinski definition) is 7. The molecule has 2 aromatic heterocycles. The van der Waals surface area contributed by atoms with Gasteiger partial charge >= 0.3 is 0 Å². The molecule has 2 heterocycles. The van der Waals surface area contributed by atoms with Gasteiger partial charge in [0.15, 0.2) is 11.6 Å². The highest BCUT2D eigenvalue weighted by atomic mass is 16.5. The molecule has 194 valence electrons. The first-order chi connectivity index (χ1) is 19.0. The van der Waals surface area contributed by atoms with Crippen LogP contribution in [0.2, 0.25) is 0 Å². The zero-order valence-electron chi connectivity index (χ0n) is 21.4. The third kappa shape index (κ3) is 4.01. The Kier molecular flexibility index (Phi) is 6.07. The van der Waals surface area contributed by atoms with Crippen LogP contribution in [0.4, 0.5) is 0 Å². The van der Waals surface area contributed by atoms with E-state index in [1.54, 1.807) is 49.8 Å². The molecule has 1 aliphatic carbocycles. The highest BCUT2D eigenvalue weighted by Crippen LogP contribution is 2.46. The highest BCUT2D eigenvalue weighted by Gasteiger charge is 2.55. The zero-order valence-corrected chi connectivity index (χ0v) is 21.4. The Labute approximate surface area is 224 Å². The number of nitrogens with zero attached hydrogens (tertiary/aromatic N) is 2. The van der Waals surface area contributed by atoms with Gasteiger partial charge in [0, 0.05) is 29.1 Å². The Balaban J connectivity index is 1.49. The molecule has 1 N–H and O–H groups in total. The number of Topliss-reactive ketones (excluding diaryl/α,β-unsaturated/α-hetero) is 2. The predicted molar refractivity (Wildman–Crippen MR) is 145 cm³/mol. The van der Waals surface area contributed by atoms with Gasteiger partial charge < -0.3 is 19.2 Å². The van der Waals surface area contributed by atoms with E-state index >= 15 is 0 Å². The summed E-state index contributed by atoms with van der Waals surface area (Å²) in [6.07, 6.45) is 3.44. The fraction of sp³-hybridized carbons (Fsp3) is 0.161. The summed E-state index contributed by atoms with van der Waals surface area (Å²) in [7, 11) is 3.04. The average molecular weight is 520 g/mol. The van der Waals surface area contributed by atoms with Gasteiger partial charge in [0.1, 0.15) is 34.6 Å². The Morgan fingerprint density at radius 2 is 1.59 bits per heavy atom. The van der Waals surface area contributed by atoms with Gasteiger partial charge in [-0.15, -0.1) is 0 Å². The van der Waals surface area contributed by atoms with Crippen molar-refractivity contribution in [2.45, 2.75) is 18.4 Å². The quantitative estimate of drug-likeness (QED) is 0.284. The van der Waals surface area contributed by atoms with Crippen molar-refractivity contribution < 1.29 is 23.8 Å². The van der Waals surface area contributed by atoms with Crippen molar-refractivity contribution in [3.8, 4) is 17.5 Å². The molecule has 1 unspecified atom stereocenters. The lowest BCUT2D eigenvalue weighted by Crippen LogP contribution is -2.41. The van der Waals surface area contributed by atoms with Gasteiger partial charge in [0.05, 0.1) is 14.2 Å². The molecule has 0 spiro atoms. The zero-order chi connectivity index (χ0) is 27.0. The van der Waals surface area contributed by atoms with Gasteiger partial charge in [-0.3, -0.25) is 14.6 Å². The van der Waals surface area contributed by atoms with E-state index in [4.69, 9.17) is 14.2 Å². The van der Waals surface area contributed by atoms with Gasteiger partial charge in [-0.05, 0) is 53.9 Å². The lowest BCUT2D eigenvalue weighted by molar-refractivity contribution is 0.0794. The number of imidazole rings is 1. The number of ketones is 2. The summed E-state index contributed by atoms with van der Waals surface area (Å²) in [5.74, 6) is 0.440. The second-order valence-corrected chi connectivity index (χ2v) is 9.36. The maximum Gasteiger partial charge on any atom is 0.294 e. The molecule has 1 aliphatic rings. The first kappa shape index (κ1) is 24.4. The van der Waals surface area contributed by atoms with E-state index in [1.165, 1.54) is 7.11 Å². The van der Waals surface area contributed by atoms with Crippen LogP contribution < -0.4 is 14.2 Å². The van der Waals surface area contributed by atoms with Crippen LogP contribution in [0, 0.1) is 0 Å². The van der Waals surface area contributed by atoms with Crippen molar-refractivity contribution in [2.75, 3.05) is 14.2 Å². The van der Waals surface area contributed by atoms with Gasteiger partial charge in [-0.1, -0.05) is 36.4 Å². The summed E-state index contributed by atoms with van der Waals surface area (Å²) in [5.41, 5.74) is 2.39. The minimum Gasteiger partial charge on any atom is -0.494 e. The van der Waals surface area contributed by atoms with E-state index in [0.29, 0.717) is 45.8 Å². The van der Waals surface area contributed by atoms with Crippen molar-refractivity contribution in [1.82, 2.24) is 15.0 Å². The van der Waals surface area contributed by atoms with E-state index in [1.807, 2.05) is 42.5 Å². The van der Waals surface area contributed by atoms with Crippen molar-refractivity contribution >= 4 is 22.6 Å². The van der Waals surface area contributed by atoms with E-state index in [2.05, 4.69) is 15.0 Å². The maximum atomic E-state index is 14.4. The van der Waals surface area contributed by atoms with Crippen LogP contribution in [-0.2, 0) is 18.4 Å². The first-order valence-corrected chi connectivity index (χ1v) is 12.5. The molecule has 0 radical (unpaired) electrons. The molecule has 3 aromatic carbocycles. The van der Waals surface area contributed by atoms with Crippen LogP contribution in [0.1, 0.15) is 37.4 Å². The summed E-state index contributed by atoms with van der Waals surface area (Å²) in [5, 5.41) is 0. The Morgan fingerprint density at radius 1 is 0.821 bits per heavy atom. The molecule has 8 nitrogen and oxygen atoms in total. The number of nitrogens with one attached hydrogen (secondary N) is 1. The van der Waals surface area contributed by atoms with Crippen LogP contribution >= 0.6 is 0 Å². The first-order valence-electron chi connectivity index (χ1n) is 12.5. The highest BCUT2D eigenvalue weighted by molar-refractivity contribution is 6.34. The second-order valence-electron chi connectivity index (χ2n) is 9.36. The van der Waals surface area contributed by atoms with Crippen LogP contribution in [0.15, 0.2) is 85.2 Å². The summed E-state index contributed by atoms with van der Waals surface area (Å²) in [6, 6.07) is 22.2. The Bertz CT molecular complexity index is 1700. The molecule has 1 atom stereocenters. The van der Waals surface area contributed by atoms with E-state index in [-0.39, 0.29) is 24.0 Å². The average Bonchev–Trinajstić information content (AvgIpc) is 3.51. The van der Waals surface area contributed by atoms with Gasteiger partial charge in [0.2, 0.25) is 0 Å². The molecule has 5 aromatic rings. The second kappa shape index (κ2) is 9.72. The molecule has 6 rings (SSSR count). The third-order valence-corrected chi connectivity index (χ3v) is 7.18. The van der Waals surface area contributed by atoms with E-state index < -0.39 is 5.41 Å². The monoisotopic (exact) mass is 519 g/mol. The molecule has 0 aliphatic heterocycles. The lowest BCUT2D eigenvalue weighted by Gasteiger charge is -2.27. The molecule has 0 amide bonds. The summed E-state index contributed by atoms with van der Waals surface area (Å²) in [4.78, 5) is 40.5. The Hall–Kier alpha value is -4.98. The molecule has 8 heteroatoms. The van der Waals surface area contributed by atoms with Gasteiger partial charge in [-0.2, -0.15) is 4.98 Å². The molecular weight excluding hydrogens is 494 g/mol. The molecular formula is C31H25N3O5. The summed E-state index contributed by atoms with van der Waals surface area (Å²) in [6.45, 7) is 0.343. The number of methoxy groups -OCH3 is 2. The van der Waals surface area contributed by atoms with Crippen molar-refractivity contribution in [3.63, 3.8) is 0 Å². The number of fused-ring (bicyclic) bond motifs is 2. The standard InChI is InChI=1S/C31H25N3O5/c1-37-25-11-10-24(26-27(25)34-30(33-26)38-2)31(17-19-12-14-32-15-13-19)28(35)22-9-8-21(16-23(22)29(31)36)39-18-20-6-4-3-5-7-20/h3-16H,17-18H2,1-2H3,(H,33,34). The number of carbonyl (C=O) groups excluding carboxylic acids is 2. The number of rotatable bonds is 8. The number of benzene rings is 3. The summed E-state index contributed by atoms with van der Waals surface area (Å²) < 4.78 is 16.9.